The second-order valence-corrected chi connectivity index (χ2v) is 11.9. The lowest BCUT2D eigenvalue weighted by atomic mass is 9.93. The van der Waals surface area contributed by atoms with Gasteiger partial charge in [0.05, 0.1) is 159 Å². The van der Waals surface area contributed by atoms with Crippen molar-refractivity contribution in [1.82, 2.24) is 0 Å². The second kappa shape index (κ2) is 38.8. The van der Waals surface area contributed by atoms with E-state index in [9.17, 15) is 0 Å². The standard InChI is InChI=1S/5C5H12O4.C4H10O2/c5*6-1-5(2-7,3-8)4-9;1-2-3-4(5)6/h5*6-9H,1-4H2;4-6H,2-3H2,1H3. The summed E-state index contributed by atoms with van der Waals surface area (Å²) >= 11 is 0. The molecule has 0 rings (SSSR count). The van der Waals surface area contributed by atoms with E-state index in [0.717, 1.165) is 6.42 Å². The third kappa shape index (κ3) is 28.3. The normalized spacial score (nSPS) is 11.8. The van der Waals surface area contributed by atoms with E-state index in [2.05, 4.69) is 0 Å². The summed E-state index contributed by atoms with van der Waals surface area (Å²) < 4.78 is 0. The molecule has 0 aromatic rings. The van der Waals surface area contributed by atoms with Crippen molar-refractivity contribution in [3.63, 3.8) is 0 Å². The summed E-state index contributed by atoms with van der Waals surface area (Å²) in [5, 5.41) is 186. The molecule has 0 heterocycles. The molecule has 0 unspecified atom stereocenters. The largest absolute Gasteiger partial charge is 0.396 e. The molecule has 0 spiro atoms. The molecule has 22 nitrogen and oxygen atoms in total. The number of aliphatic hydroxyl groups excluding tert-OH is 21. The van der Waals surface area contributed by atoms with Gasteiger partial charge < -0.3 is 112 Å². The summed E-state index contributed by atoms with van der Waals surface area (Å²) in [5.74, 6) is 0. The first-order valence-electron chi connectivity index (χ1n) is 15.5. The van der Waals surface area contributed by atoms with Crippen LogP contribution in [0.5, 0.6) is 0 Å². The van der Waals surface area contributed by atoms with E-state index in [1.165, 1.54) is 0 Å². The second-order valence-electron chi connectivity index (χ2n) is 11.9. The fraction of sp³-hybridized carbons (Fsp3) is 1.00. The fourth-order valence-electron chi connectivity index (χ4n) is 1.76. The Morgan fingerprint density at radius 3 is 0.353 bits per heavy atom. The van der Waals surface area contributed by atoms with E-state index in [1.807, 2.05) is 6.92 Å². The van der Waals surface area contributed by atoms with E-state index in [0.29, 0.717) is 6.42 Å². The Balaban J connectivity index is -0.000000120. The predicted molar refractivity (Wildman–Crippen MR) is 177 cm³/mol. The minimum absolute atomic E-state index is 0.406. The number of rotatable bonds is 22. The van der Waals surface area contributed by atoms with Crippen molar-refractivity contribution in [2.24, 2.45) is 27.1 Å². The molecule has 51 heavy (non-hydrogen) atoms. The Morgan fingerprint density at radius 1 is 0.255 bits per heavy atom. The molecular weight excluding hydrogens is 700 g/mol. The zero-order chi connectivity index (χ0) is 41.6. The maximum Gasteiger partial charge on any atom is 0.151 e. The summed E-state index contributed by atoms with van der Waals surface area (Å²) in [6.45, 7) is -6.22. The van der Waals surface area contributed by atoms with E-state index < -0.39 is 166 Å². The van der Waals surface area contributed by atoms with Crippen LogP contribution in [0.1, 0.15) is 19.8 Å². The van der Waals surface area contributed by atoms with Crippen LogP contribution in [0.2, 0.25) is 0 Å². The Labute approximate surface area is 297 Å². The molecule has 0 saturated heterocycles. The van der Waals surface area contributed by atoms with Gasteiger partial charge in [-0.3, -0.25) is 0 Å². The van der Waals surface area contributed by atoms with Gasteiger partial charge in [0.25, 0.3) is 0 Å². The Hall–Kier alpha value is -0.880. The molecule has 0 aliphatic heterocycles. The summed E-state index contributed by atoms with van der Waals surface area (Å²) in [4.78, 5) is 0. The van der Waals surface area contributed by atoms with Crippen LogP contribution in [0.15, 0.2) is 0 Å². The number of hydrogen-bond donors (Lipinski definition) is 22. The topological polar surface area (TPSA) is 445 Å². The molecule has 318 valence electrons. The molecule has 0 bridgehead atoms. The minimum atomic E-state index is -1.11. The molecule has 0 amide bonds. The number of aliphatic hydroxyl groups is 22. The maximum atomic E-state index is 8.50. The average Bonchev–Trinajstić information content (AvgIpc) is 3.19. The van der Waals surface area contributed by atoms with Gasteiger partial charge in [0.2, 0.25) is 0 Å². The first-order chi connectivity index (χ1) is 24.0. The summed E-state index contributed by atoms with van der Waals surface area (Å²) in [6, 6.07) is 0. The van der Waals surface area contributed by atoms with Gasteiger partial charge >= 0.3 is 0 Å². The molecule has 22 heteroatoms. The summed E-state index contributed by atoms with van der Waals surface area (Å²) in [5.41, 5.74) is -5.56. The van der Waals surface area contributed by atoms with Gasteiger partial charge in [0, 0.05) is 0 Å². The van der Waals surface area contributed by atoms with Gasteiger partial charge in [0.15, 0.2) is 6.29 Å². The molecule has 0 aromatic heterocycles. The monoisotopic (exact) mass is 770 g/mol. The van der Waals surface area contributed by atoms with Crippen LogP contribution in [-0.4, -0.2) is 251 Å². The molecule has 0 radical (unpaired) electrons. The highest BCUT2D eigenvalue weighted by Crippen LogP contribution is 2.14. The van der Waals surface area contributed by atoms with Crippen molar-refractivity contribution in [2.45, 2.75) is 26.1 Å². The van der Waals surface area contributed by atoms with E-state index in [-0.39, 0.29) is 0 Å². The van der Waals surface area contributed by atoms with Crippen molar-refractivity contribution >= 4 is 0 Å². The summed E-state index contributed by atoms with van der Waals surface area (Å²) in [7, 11) is 0. The maximum absolute atomic E-state index is 8.50. The van der Waals surface area contributed by atoms with Crippen molar-refractivity contribution in [3.8, 4) is 0 Å². The molecule has 0 saturated carbocycles. The highest BCUT2D eigenvalue weighted by molar-refractivity contribution is 4.77. The van der Waals surface area contributed by atoms with Crippen molar-refractivity contribution in [2.75, 3.05) is 132 Å². The van der Waals surface area contributed by atoms with Crippen LogP contribution >= 0.6 is 0 Å². The minimum Gasteiger partial charge on any atom is -0.396 e. The smallest absolute Gasteiger partial charge is 0.151 e. The van der Waals surface area contributed by atoms with Crippen molar-refractivity contribution < 1.29 is 112 Å². The van der Waals surface area contributed by atoms with E-state index >= 15 is 0 Å². The van der Waals surface area contributed by atoms with E-state index in [1.54, 1.807) is 0 Å². The van der Waals surface area contributed by atoms with Gasteiger partial charge in [-0.05, 0) is 6.42 Å². The molecule has 0 fully saturated rings. The van der Waals surface area contributed by atoms with Gasteiger partial charge in [-0.2, -0.15) is 0 Å². The highest BCUT2D eigenvalue weighted by atomic mass is 16.5. The third-order valence-electron chi connectivity index (χ3n) is 7.26. The van der Waals surface area contributed by atoms with Crippen LogP contribution in [0.4, 0.5) is 0 Å². The van der Waals surface area contributed by atoms with Gasteiger partial charge in [-0.1, -0.05) is 13.3 Å². The lowest BCUT2D eigenvalue weighted by Crippen LogP contribution is -2.37. The van der Waals surface area contributed by atoms with E-state index in [4.69, 9.17) is 112 Å². The third-order valence-corrected chi connectivity index (χ3v) is 7.26. The average molecular weight is 771 g/mol. The molecule has 22 N–H and O–H groups in total. The van der Waals surface area contributed by atoms with Crippen LogP contribution in [0.3, 0.4) is 0 Å². The fourth-order valence-corrected chi connectivity index (χ4v) is 1.76. The van der Waals surface area contributed by atoms with Gasteiger partial charge in [-0.25, -0.2) is 0 Å². The van der Waals surface area contributed by atoms with Crippen LogP contribution in [0.25, 0.3) is 0 Å². The molecule has 0 aliphatic rings. The SMILES string of the molecule is CCCC(O)O.OCC(CO)(CO)CO.OCC(CO)(CO)CO.OCC(CO)(CO)CO.OCC(CO)(CO)CO.OCC(CO)(CO)CO. The first-order valence-corrected chi connectivity index (χ1v) is 15.5. The first kappa shape index (κ1) is 62.1. The quantitative estimate of drug-likeness (QED) is 0.0454. The van der Waals surface area contributed by atoms with Crippen LogP contribution in [0, 0.1) is 27.1 Å². The van der Waals surface area contributed by atoms with Gasteiger partial charge in [-0.15, -0.1) is 0 Å². The molecular formula is C29H70O22. The van der Waals surface area contributed by atoms with Crippen molar-refractivity contribution in [3.05, 3.63) is 0 Å². The molecule has 0 atom stereocenters. The molecule has 0 aliphatic carbocycles. The highest BCUT2D eigenvalue weighted by Gasteiger charge is 2.29. The molecule has 0 aromatic carbocycles. The number of hydrogen-bond acceptors (Lipinski definition) is 22. The Kier molecular flexibility index (Phi) is 47.3. The zero-order valence-corrected chi connectivity index (χ0v) is 29.5. The van der Waals surface area contributed by atoms with Crippen LogP contribution < -0.4 is 0 Å². The predicted octanol–water partition coefficient (Wildman–Crippen LogP) is -10.2. The Bertz CT molecular complexity index is 451. The lowest BCUT2D eigenvalue weighted by molar-refractivity contribution is -0.0454. The van der Waals surface area contributed by atoms with Gasteiger partial charge in [0.1, 0.15) is 0 Å². The zero-order valence-electron chi connectivity index (χ0n) is 29.5. The summed E-state index contributed by atoms with van der Waals surface area (Å²) in [6.07, 6.45) is 0.215. The Morgan fingerprint density at radius 2 is 0.353 bits per heavy atom. The lowest BCUT2D eigenvalue weighted by Gasteiger charge is -2.23. The van der Waals surface area contributed by atoms with Crippen molar-refractivity contribution in [1.29, 1.82) is 0 Å². The van der Waals surface area contributed by atoms with Crippen LogP contribution in [-0.2, 0) is 0 Å².